The predicted molar refractivity (Wildman–Crippen MR) is 152 cm³/mol. The van der Waals surface area contributed by atoms with Gasteiger partial charge in [-0.3, -0.25) is 9.78 Å². The molecular weight excluding hydrogens is 521 g/mol. The number of halogens is 2. The van der Waals surface area contributed by atoms with Gasteiger partial charge in [0.2, 0.25) is 5.91 Å². The number of carbonyl (C=O) groups is 1. The third-order valence-corrected chi connectivity index (χ3v) is 7.37. The maximum Gasteiger partial charge on any atom is 0.226 e. The first-order valence-corrected chi connectivity index (χ1v) is 13.1. The van der Waals surface area contributed by atoms with Crippen LogP contribution in [0.3, 0.4) is 0 Å². The van der Waals surface area contributed by atoms with E-state index >= 15 is 0 Å². The lowest BCUT2D eigenvalue weighted by atomic mass is 9.96. The Balaban J connectivity index is 1.48. The van der Waals surface area contributed by atoms with Gasteiger partial charge in [0.15, 0.2) is 5.11 Å². The molecule has 1 aliphatic rings. The molecule has 2 atom stereocenters. The average molecular weight is 548 g/mol. The molecule has 194 valence electrons. The fourth-order valence-electron chi connectivity index (χ4n) is 5.08. The molecule has 0 radical (unpaired) electrons. The molecule has 9 heteroatoms. The van der Waals surface area contributed by atoms with Crippen LogP contribution in [0.5, 0.6) is 0 Å². The number of carbonyl (C=O) groups excluding carboxylic acids is 1. The van der Waals surface area contributed by atoms with Gasteiger partial charge < -0.3 is 20.1 Å². The van der Waals surface area contributed by atoms with E-state index in [9.17, 15) is 9.18 Å². The summed E-state index contributed by atoms with van der Waals surface area (Å²) in [6.45, 7) is 4.48. The van der Waals surface area contributed by atoms with Crippen molar-refractivity contribution in [3.8, 4) is 5.69 Å². The number of anilines is 1. The van der Waals surface area contributed by atoms with Crippen molar-refractivity contribution in [1.82, 2.24) is 19.8 Å². The van der Waals surface area contributed by atoms with E-state index in [2.05, 4.69) is 40.1 Å². The predicted octanol–water partition coefficient (Wildman–Crippen LogP) is 6.28. The van der Waals surface area contributed by atoms with E-state index in [1.807, 2.05) is 47.4 Å². The van der Waals surface area contributed by atoms with E-state index in [0.717, 1.165) is 28.3 Å². The number of hydrogen-bond acceptors (Lipinski definition) is 3. The van der Waals surface area contributed by atoms with Crippen LogP contribution in [0.4, 0.5) is 10.1 Å². The maximum absolute atomic E-state index is 14.1. The highest BCUT2D eigenvalue weighted by molar-refractivity contribution is 7.80. The molecule has 2 aromatic heterocycles. The summed E-state index contributed by atoms with van der Waals surface area (Å²) in [7, 11) is 0. The van der Waals surface area contributed by atoms with Gasteiger partial charge in [0.25, 0.3) is 0 Å². The molecular formula is C29H27ClFN5OS. The topological polar surface area (TPSA) is 62.2 Å². The summed E-state index contributed by atoms with van der Waals surface area (Å²) in [5.41, 5.74) is 5.15. The smallest absolute Gasteiger partial charge is 0.226 e. The van der Waals surface area contributed by atoms with Gasteiger partial charge in [0.05, 0.1) is 23.5 Å². The minimum absolute atomic E-state index is 0.134. The fourth-order valence-corrected chi connectivity index (χ4v) is 5.60. The van der Waals surface area contributed by atoms with Crippen molar-refractivity contribution in [2.24, 2.45) is 0 Å². The highest BCUT2D eigenvalue weighted by atomic mass is 35.5. The number of rotatable bonds is 7. The number of thiocarbonyl (C=S) groups is 1. The van der Waals surface area contributed by atoms with Crippen LogP contribution in [0.25, 0.3) is 5.69 Å². The number of pyridine rings is 1. The van der Waals surface area contributed by atoms with E-state index in [0.29, 0.717) is 16.7 Å². The summed E-state index contributed by atoms with van der Waals surface area (Å²) in [6.07, 6.45) is 1.89. The molecule has 0 saturated carbocycles. The second-order valence-electron chi connectivity index (χ2n) is 9.24. The van der Waals surface area contributed by atoms with Gasteiger partial charge >= 0.3 is 0 Å². The van der Waals surface area contributed by atoms with Crippen LogP contribution in [-0.4, -0.2) is 32.0 Å². The normalized spacial score (nSPS) is 16.9. The summed E-state index contributed by atoms with van der Waals surface area (Å²) in [5, 5.41) is 7.29. The van der Waals surface area contributed by atoms with E-state index in [1.165, 1.54) is 6.07 Å². The van der Waals surface area contributed by atoms with Crippen LogP contribution < -0.4 is 10.6 Å². The Labute approximate surface area is 231 Å². The highest BCUT2D eigenvalue weighted by Crippen LogP contribution is 2.41. The van der Waals surface area contributed by atoms with Gasteiger partial charge in [0.1, 0.15) is 5.82 Å². The molecule has 2 aromatic carbocycles. The molecule has 6 nitrogen and oxygen atoms in total. The van der Waals surface area contributed by atoms with E-state index in [1.54, 1.807) is 24.4 Å². The monoisotopic (exact) mass is 547 g/mol. The summed E-state index contributed by atoms with van der Waals surface area (Å²) >= 11 is 12.1. The molecule has 1 fully saturated rings. The van der Waals surface area contributed by atoms with Gasteiger partial charge in [-0.15, -0.1) is 0 Å². The second-order valence-corrected chi connectivity index (χ2v) is 10.1. The van der Waals surface area contributed by atoms with Crippen molar-refractivity contribution in [2.45, 2.75) is 32.4 Å². The first-order valence-electron chi connectivity index (χ1n) is 12.3. The van der Waals surface area contributed by atoms with Crippen molar-refractivity contribution in [3.05, 3.63) is 112 Å². The number of nitrogens with zero attached hydrogens (tertiary/aromatic N) is 3. The third kappa shape index (κ3) is 5.14. The second kappa shape index (κ2) is 10.9. The van der Waals surface area contributed by atoms with E-state index < -0.39 is 5.82 Å². The minimum atomic E-state index is -0.472. The van der Waals surface area contributed by atoms with Gasteiger partial charge in [-0.1, -0.05) is 35.9 Å². The number of aromatic nitrogens is 2. The van der Waals surface area contributed by atoms with Crippen molar-refractivity contribution < 1.29 is 9.18 Å². The minimum Gasteiger partial charge on any atom is -0.352 e. The lowest BCUT2D eigenvalue weighted by Crippen LogP contribution is -2.33. The molecule has 3 heterocycles. The number of benzene rings is 2. The maximum atomic E-state index is 14.1. The lowest BCUT2D eigenvalue weighted by molar-refractivity contribution is -0.116. The van der Waals surface area contributed by atoms with Crippen LogP contribution in [0.1, 0.15) is 41.1 Å². The number of nitrogens with one attached hydrogen (secondary N) is 2. The summed E-state index contributed by atoms with van der Waals surface area (Å²) in [4.78, 5) is 19.4. The van der Waals surface area contributed by atoms with E-state index in [4.69, 9.17) is 23.8 Å². The van der Waals surface area contributed by atoms with Crippen LogP contribution in [0.2, 0.25) is 5.02 Å². The van der Waals surface area contributed by atoms with Gasteiger partial charge in [-0.2, -0.15) is 0 Å². The third-order valence-electron chi connectivity index (χ3n) is 6.78. The molecule has 0 aliphatic carbocycles. The van der Waals surface area contributed by atoms with Gasteiger partial charge in [0, 0.05) is 41.3 Å². The summed E-state index contributed by atoms with van der Waals surface area (Å²) in [5.74, 6) is -0.761. The average Bonchev–Trinajstić information content (AvgIpc) is 3.39. The van der Waals surface area contributed by atoms with Crippen LogP contribution in [0, 0.1) is 19.7 Å². The highest BCUT2D eigenvalue weighted by Gasteiger charge is 2.41. The first-order chi connectivity index (χ1) is 18.3. The number of amides is 1. The van der Waals surface area contributed by atoms with Crippen LogP contribution in [0.15, 0.2) is 79.0 Å². The van der Waals surface area contributed by atoms with Crippen molar-refractivity contribution in [1.29, 1.82) is 0 Å². The molecule has 0 bridgehead atoms. The number of para-hydroxylation sites is 1. The van der Waals surface area contributed by atoms with Crippen LogP contribution in [-0.2, 0) is 4.79 Å². The quantitative estimate of drug-likeness (QED) is 0.267. The summed E-state index contributed by atoms with van der Waals surface area (Å²) in [6, 6.07) is 21.4. The molecule has 5 rings (SSSR count). The Kier molecular flexibility index (Phi) is 7.44. The fraction of sp³-hybridized carbons (Fsp3) is 0.207. The van der Waals surface area contributed by atoms with Crippen molar-refractivity contribution in [3.63, 3.8) is 0 Å². The van der Waals surface area contributed by atoms with Gasteiger partial charge in [-0.05, 0) is 80.2 Å². The molecule has 1 saturated heterocycles. The lowest BCUT2D eigenvalue weighted by Gasteiger charge is -2.28. The van der Waals surface area contributed by atoms with Crippen LogP contribution >= 0.6 is 23.8 Å². The number of hydrogen-bond donors (Lipinski definition) is 2. The Bertz CT molecular complexity index is 1490. The largest absolute Gasteiger partial charge is 0.352 e. The Morgan fingerprint density at radius 1 is 1.11 bits per heavy atom. The SMILES string of the molecule is Cc1cc([C@H]2[C@@H](c3ccccn3)NC(=S)N2CCC(=O)Nc2ccccc2F)c(C)n1-c1cccc(Cl)c1. The molecule has 1 amide bonds. The standard InChI is InChI=1S/C29H27ClFN5OS/c1-18-16-22(19(2)36(18)21-9-7-8-20(30)17-21)28-27(25-12-5-6-14-32-25)34-29(38)35(28)15-13-26(37)33-24-11-4-3-10-23(24)31/h3-12,14,16-17,27-28H,13,15H2,1-2H3,(H,33,37)(H,34,38)/t27-,28+/m1/s1. The Morgan fingerprint density at radius 2 is 1.89 bits per heavy atom. The molecule has 0 unspecified atom stereocenters. The van der Waals surface area contributed by atoms with Gasteiger partial charge in [-0.25, -0.2) is 4.39 Å². The zero-order valence-electron chi connectivity index (χ0n) is 21.0. The molecule has 2 N–H and O–H groups in total. The van der Waals surface area contributed by atoms with Crippen molar-refractivity contribution >= 4 is 40.5 Å². The molecule has 4 aromatic rings. The molecule has 1 aliphatic heterocycles. The van der Waals surface area contributed by atoms with Crippen molar-refractivity contribution in [2.75, 3.05) is 11.9 Å². The summed E-state index contributed by atoms with van der Waals surface area (Å²) < 4.78 is 16.2. The molecule has 38 heavy (non-hydrogen) atoms. The molecule has 0 spiro atoms. The zero-order valence-corrected chi connectivity index (χ0v) is 22.6. The Hall–Kier alpha value is -3.75. The zero-order chi connectivity index (χ0) is 26.8. The number of aryl methyl sites for hydroxylation is 1. The Morgan fingerprint density at radius 3 is 2.63 bits per heavy atom. The van der Waals surface area contributed by atoms with E-state index in [-0.39, 0.29) is 30.1 Å². The first kappa shape index (κ1) is 25.9.